The Hall–Kier alpha value is -0.910. The molecule has 0 aromatic heterocycles. The van der Waals surface area contributed by atoms with Crippen molar-refractivity contribution in [1.29, 1.82) is 0 Å². The molecule has 1 aliphatic rings. The molecule has 0 radical (unpaired) electrons. The van der Waals surface area contributed by atoms with Gasteiger partial charge in [-0.3, -0.25) is 0 Å². The Morgan fingerprint density at radius 3 is 2.70 bits per heavy atom. The largest absolute Gasteiger partial charge is 0.241 e. The van der Waals surface area contributed by atoms with E-state index in [4.69, 9.17) is 0 Å². The summed E-state index contributed by atoms with van der Waals surface area (Å²) in [5.41, 5.74) is 2.19. The molecule has 0 bridgehead atoms. The Balaban J connectivity index is 2.31. The highest BCUT2D eigenvalue weighted by Gasteiger charge is 2.26. The van der Waals surface area contributed by atoms with Crippen LogP contribution in [-0.4, -0.2) is 14.5 Å². The summed E-state index contributed by atoms with van der Waals surface area (Å²) in [4.78, 5) is 0.413. The number of benzene rings is 2. The Labute approximate surface area is 127 Å². The molecule has 0 saturated heterocycles. The van der Waals surface area contributed by atoms with Crippen LogP contribution in [0.2, 0.25) is 0 Å². The highest BCUT2D eigenvalue weighted by Crippen LogP contribution is 2.39. The average molecular weight is 354 g/mol. The lowest BCUT2D eigenvalue weighted by atomic mass is 10.1. The molecule has 0 amide bonds. The zero-order chi connectivity index (χ0) is 14.5. The van der Waals surface area contributed by atoms with Gasteiger partial charge in [0.2, 0.25) is 10.0 Å². The van der Waals surface area contributed by atoms with Crippen LogP contribution in [0.5, 0.6) is 0 Å². The van der Waals surface area contributed by atoms with Crippen molar-refractivity contribution in [3.8, 4) is 0 Å². The molecular formula is C15H16BrNO2S. The van der Waals surface area contributed by atoms with Gasteiger partial charge in [0.15, 0.2) is 0 Å². The average Bonchev–Trinajstić information content (AvgIpc) is 2.77. The van der Waals surface area contributed by atoms with Gasteiger partial charge in [-0.05, 0) is 54.7 Å². The fourth-order valence-corrected chi connectivity index (χ4v) is 5.15. The second-order valence-electron chi connectivity index (χ2n) is 5.45. The second kappa shape index (κ2) is 4.83. The van der Waals surface area contributed by atoms with E-state index in [1.54, 1.807) is 6.07 Å². The molecule has 1 aliphatic carbocycles. The summed E-state index contributed by atoms with van der Waals surface area (Å²) in [7, 11) is -3.46. The van der Waals surface area contributed by atoms with Crippen LogP contribution in [0, 0.1) is 0 Å². The topological polar surface area (TPSA) is 46.2 Å². The monoisotopic (exact) mass is 353 g/mol. The Morgan fingerprint density at radius 2 is 2.00 bits per heavy atom. The number of aryl methyl sites for hydroxylation is 2. The molecule has 0 fully saturated rings. The molecule has 3 nitrogen and oxygen atoms in total. The van der Waals surface area contributed by atoms with Crippen molar-refractivity contribution in [2.24, 2.45) is 0 Å². The van der Waals surface area contributed by atoms with E-state index in [-0.39, 0.29) is 6.04 Å². The molecule has 0 aliphatic heterocycles. The number of nitrogens with one attached hydrogen (secondary N) is 1. The lowest BCUT2D eigenvalue weighted by molar-refractivity contribution is 0.569. The van der Waals surface area contributed by atoms with Crippen LogP contribution in [0.4, 0.5) is 0 Å². The maximum atomic E-state index is 12.5. The molecule has 2 aromatic carbocycles. The highest BCUT2D eigenvalue weighted by atomic mass is 79.9. The first-order valence-electron chi connectivity index (χ1n) is 6.65. The highest BCUT2D eigenvalue weighted by molar-refractivity contribution is 9.10. The standard InChI is InChI=1S/C15H16BrNO2S/c1-9(2)17-20(18,19)14-8-13(16)11-5-3-4-10-6-7-12(14)15(10)11/h3-5,8-9,17H,6-7H2,1-2H3. The Bertz CT molecular complexity index is 797. The van der Waals surface area contributed by atoms with E-state index < -0.39 is 10.0 Å². The summed E-state index contributed by atoms with van der Waals surface area (Å²) in [6.45, 7) is 3.66. The van der Waals surface area contributed by atoms with Gasteiger partial charge in [-0.1, -0.05) is 34.1 Å². The lowest BCUT2D eigenvalue weighted by Gasteiger charge is -2.14. The van der Waals surface area contributed by atoms with Gasteiger partial charge in [0.25, 0.3) is 0 Å². The predicted molar refractivity (Wildman–Crippen MR) is 84.5 cm³/mol. The normalized spacial score (nSPS) is 14.4. The molecule has 20 heavy (non-hydrogen) atoms. The summed E-state index contributed by atoms with van der Waals surface area (Å²) < 4.78 is 28.5. The van der Waals surface area contributed by atoms with Crippen LogP contribution in [-0.2, 0) is 22.9 Å². The third-order valence-electron chi connectivity index (χ3n) is 3.59. The first-order chi connectivity index (χ1) is 9.40. The number of rotatable bonds is 3. The van der Waals surface area contributed by atoms with Gasteiger partial charge in [0, 0.05) is 10.5 Å². The number of halogens is 1. The van der Waals surface area contributed by atoms with Gasteiger partial charge in [-0.15, -0.1) is 0 Å². The summed E-state index contributed by atoms with van der Waals surface area (Å²) in [5, 5.41) is 2.20. The molecule has 106 valence electrons. The van der Waals surface area contributed by atoms with Crippen LogP contribution in [0.25, 0.3) is 10.8 Å². The predicted octanol–water partition coefficient (Wildman–Crippen LogP) is 3.39. The van der Waals surface area contributed by atoms with Crippen LogP contribution in [0.3, 0.4) is 0 Å². The molecule has 0 atom stereocenters. The molecule has 1 N–H and O–H groups in total. The fourth-order valence-electron chi connectivity index (χ4n) is 2.89. The van der Waals surface area contributed by atoms with Crippen molar-refractivity contribution < 1.29 is 8.42 Å². The van der Waals surface area contributed by atoms with Gasteiger partial charge < -0.3 is 0 Å². The summed E-state index contributed by atoms with van der Waals surface area (Å²) in [5.74, 6) is 0. The van der Waals surface area contributed by atoms with Gasteiger partial charge in [0.05, 0.1) is 4.90 Å². The summed E-state index contributed by atoms with van der Waals surface area (Å²) >= 11 is 3.51. The van der Waals surface area contributed by atoms with E-state index >= 15 is 0 Å². The van der Waals surface area contributed by atoms with Crippen molar-refractivity contribution in [1.82, 2.24) is 4.72 Å². The maximum absolute atomic E-state index is 12.5. The zero-order valence-corrected chi connectivity index (χ0v) is 13.8. The third kappa shape index (κ3) is 2.18. The van der Waals surface area contributed by atoms with Crippen LogP contribution in [0.1, 0.15) is 25.0 Å². The minimum absolute atomic E-state index is 0.113. The van der Waals surface area contributed by atoms with E-state index in [0.29, 0.717) is 4.90 Å². The molecule has 3 rings (SSSR count). The van der Waals surface area contributed by atoms with Crippen molar-refractivity contribution >= 4 is 36.7 Å². The van der Waals surface area contributed by atoms with E-state index in [0.717, 1.165) is 33.7 Å². The SMILES string of the molecule is CC(C)NS(=O)(=O)c1cc(Br)c2cccc3c2c1CC3. The van der Waals surface area contributed by atoms with Crippen molar-refractivity contribution in [2.75, 3.05) is 0 Å². The van der Waals surface area contributed by atoms with Crippen LogP contribution in [0.15, 0.2) is 33.6 Å². The van der Waals surface area contributed by atoms with Crippen molar-refractivity contribution in [3.05, 3.63) is 39.9 Å². The maximum Gasteiger partial charge on any atom is 0.241 e. The molecule has 0 unspecified atom stereocenters. The van der Waals surface area contributed by atoms with E-state index in [2.05, 4.69) is 26.7 Å². The van der Waals surface area contributed by atoms with E-state index in [1.807, 2.05) is 26.0 Å². The minimum atomic E-state index is -3.46. The molecule has 0 saturated carbocycles. The third-order valence-corrected chi connectivity index (χ3v) is 5.97. The van der Waals surface area contributed by atoms with E-state index in [9.17, 15) is 8.42 Å². The first kappa shape index (κ1) is 14.0. The van der Waals surface area contributed by atoms with E-state index in [1.165, 1.54) is 5.56 Å². The molecule has 2 aromatic rings. The lowest BCUT2D eigenvalue weighted by Crippen LogP contribution is -2.30. The molecule has 5 heteroatoms. The number of hydrogen-bond acceptors (Lipinski definition) is 2. The number of hydrogen-bond donors (Lipinski definition) is 1. The molecular weight excluding hydrogens is 338 g/mol. The zero-order valence-electron chi connectivity index (χ0n) is 11.4. The van der Waals surface area contributed by atoms with Crippen molar-refractivity contribution in [2.45, 2.75) is 37.6 Å². The molecule has 0 spiro atoms. The number of sulfonamides is 1. The fraction of sp³-hybridized carbons (Fsp3) is 0.333. The Kier molecular flexibility index (Phi) is 3.39. The first-order valence-corrected chi connectivity index (χ1v) is 8.93. The summed E-state index contributed by atoms with van der Waals surface area (Å²) in [6.07, 6.45) is 1.70. The Morgan fingerprint density at radius 1 is 1.25 bits per heavy atom. The van der Waals surface area contributed by atoms with Crippen LogP contribution >= 0.6 is 15.9 Å². The quantitative estimate of drug-likeness (QED) is 0.919. The van der Waals surface area contributed by atoms with Gasteiger partial charge in [0.1, 0.15) is 0 Å². The second-order valence-corrected chi connectivity index (χ2v) is 7.99. The minimum Gasteiger partial charge on any atom is -0.209 e. The van der Waals surface area contributed by atoms with Crippen molar-refractivity contribution in [3.63, 3.8) is 0 Å². The smallest absolute Gasteiger partial charge is 0.209 e. The van der Waals surface area contributed by atoms with Gasteiger partial charge in [-0.2, -0.15) is 0 Å². The van der Waals surface area contributed by atoms with Crippen LogP contribution < -0.4 is 4.72 Å². The van der Waals surface area contributed by atoms with Gasteiger partial charge >= 0.3 is 0 Å². The summed E-state index contributed by atoms with van der Waals surface area (Å²) in [6, 6.07) is 7.76. The van der Waals surface area contributed by atoms with Gasteiger partial charge in [-0.25, -0.2) is 13.1 Å². The molecule has 0 heterocycles.